The fraction of sp³-hybridized carbons (Fsp3) is 1.00. The molecule has 0 aromatic carbocycles. The number of hydrogen-bond donors (Lipinski definition) is 1. The van der Waals surface area contributed by atoms with Crippen LogP contribution in [-0.4, -0.2) is 15.1 Å². The average Bonchev–Trinajstić information content (AvgIpc) is 1.80. The molecule has 1 aliphatic carbocycles. The third-order valence-electron chi connectivity index (χ3n) is 2.00. The topological polar surface area (TPSA) is 20.2 Å². The van der Waals surface area contributed by atoms with E-state index in [1.165, 1.54) is 12.8 Å². The van der Waals surface area contributed by atoms with Crippen molar-refractivity contribution < 1.29 is 5.11 Å². The molecule has 1 fully saturated rings. The van der Waals surface area contributed by atoms with Gasteiger partial charge in [-0.05, 0) is 25.2 Å². The largest absolute Gasteiger partial charge is 0.392 e. The van der Waals surface area contributed by atoms with Crippen LogP contribution in [0.5, 0.6) is 0 Å². The summed E-state index contributed by atoms with van der Waals surface area (Å²) in [6, 6.07) is 0. The Morgan fingerprint density at radius 1 is 1.44 bits per heavy atom. The van der Waals surface area contributed by atoms with Gasteiger partial charge in [-0.25, -0.2) is 0 Å². The SMILES string of the molecule is CC1CCC(O)C(I)C1. The van der Waals surface area contributed by atoms with Crippen molar-refractivity contribution in [2.45, 2.75) is 36.2 Å². The maximum absolute atomic E-state index is 9.29. The van der Waals surface area contributed by atoms with Crippen LogP contribution in [0.2, 0.25) is 0 Å². The van der Waals surface area contributed by atoms with Crippen LogP contribution >= 0.6 is 22.6 Å². The fourth-order valence-corrected chi connectivity index (χ4v) is 2.52. The lowest BCUT2D eigenvalue weighted by Gasteiger charge is -2.27. The molecule has 1 aliphatic rings. The molecule has 9 heavy (non-hydrogen) atoms. The van der Waals surface area contributed by atoms with Gasteiger partial charge in [-0.1, -0.05) is 29.5 Å². The van der Waals surface area contributed by atoms with Gasteiger partial charge < -0.3 is 5.11 Å². The zero-order valence-corrected chi connectivity index (χ0v) is 7.84. The van der Waals surface area contributed by atoms with Gasteiger partial charge in [-0.15, -0.1) is 0 Å². The van der Waals surface area contributed by atoms with Crippen molar-refractivity contribution in [2.75, 3.05) is 0 Å². The second-order valence-corrected chi connectivity index (χ2v) is 4.60. The molecule has 0 amide bonds. The van der Waals surface area contributed by atoms with Gasteiger partial charge in [0.25, 0.3) is 0 Å². The summed E-state index contributed by atoms with van der Waals surface area (Å²) in [5, 5.41) is 9.29. The van der Waals surface area contributed by atoms with E-state index in [1.807, 2.05) is 0 Å². The minimum absolute atomic E-state index is 0.0261. The molecule has 1 N–H and O–H groups in total. The Bertz CT molecular complexity index is 94.9. The van der Waals surface area contributed by atoms with Gasteiger partial charge in [-0.2, -0.15) is 0 Å². The molecule has 54 valence electrons. The Kier molecular flexibility index (Phi) is 2.76. The molecule has 0 aromatic rings. The number of aliphatic hydroxyl groups is 1. The zero-order chi connectivity index (χ0) is 6.85. The van der Waals surface area contributed by atoms with Crippen LogP contribution in [0, 0.1) is 5.92 Å². The lowest BCUT2D eigenvalue weighted by Crippen LogP contribution is -2.27. The molecular formula is C7H13IO. The minimum atomic E-state index is -0.0261. The maximum Gasteiger partial charge on any atom is 0.0658 e. The van der Waals surface area contributed by atoms with Crippen LogP contribution in [0.3, 0.4) is 0 Å². The second-order valence-electron chi connectivity index (χ2n) is 3.00. The van der Waals surface area contributed by atoms with E-state index in [1.54, 1.807) is 0 Å². The minimum Gasteiger partial charge on any atom is -0.392 e. The first-order chi connectivity index (χ1) is 4.20. The highest BCUT2D eigenvalue weighted by molar-refractivity contribution is 14.1. The van der Waals surface area contributed by atoms with E-state index in [0.29, 0.717) is 3.92 Å². The van der Waals surface area contributed by atoms with Crippen LogP contribution in [0.15, 0.2) is 0 Å². The van der Waals surface area contributed by atoms with Gasteiger partial charge in [0.2, 0.25) is 0 Å². The van der Waals surface area contributed by atoms with Gasteiger partial charge in [-0.3, -0.25) is 0 Å². The predicted octanol–water partition coefficient (Wildman–Crippen LogP) is 1.97. The van der Waals surface area contributed by atoms with E-state index in [4.69, 9.17) is 0 Å². The van der Waals surface area contributed by atoms with Crippen LogP contribution in [0.1, 0.15) is 26.2 Å². The molecule has 1 saturated carbocycles. The third kappa shape index (κ3) is 2.08. The van der Waals surface area contributed by atoms with E-state index in [-0.39, 0.29) is 6.10 Å². The Morgan fingerprint density at radius 2 is 2.11 bits per heavy atom. The summed E-state index contributed by atoms with van der Waals surface area (Å²) in [6.07, 6.45) is 3.39. The smallest absolute Gasteiger partial charge is 0.0658 e. The first-order valence-corrected chi connectivity index (χ1v) is 4.77. The molecular weight excluding hydrogens is 227 g/mol. The Hall–Kier alpha value is 0.690. The zero-order valence-electron chi connectivity index (χ0n) is 5.68. The number of alkyl halides is 1. The number of hydrogen-bond acceptors (Lipinski definition) is 1. The van der Waals surface area contributed by atoms with Crippen molar-refractivity contribution in [3.63, 3.8) is 0 Å². The van der Waals surface area contributed by atoms with Gasteiger partial charge in [0, 0.05) is 3.92 Å². The molecule has 1 rings (SSSR count). The van der Waals surface area contributed by atoms with Gasteiger partial charge in [0.05, 0.1) is 6.10 Å². The summed E-state index contributed by atoms with van der Waals surface area (Å²) in [5.74, 6) is 0.829. The van der Waals surface area contributed by atoms with E-state index >= 15 is 0 Å². The normalized spacial score (nSPS) is 45.0. The fourth-order valence-electron chi connectivity index (χ4n) is 1.30. The second kappa shape index (κ2) is 3.19. The van der Waals surface area contributed by atoms with E-state index < -0.39 is 0 Å². The molecule has 3 atom stereocenters. The molecule has 0 radical (unpaired) electrons. The van der Waals surface area contributed by atoms with Crippen molar-refractivity contribution >= 4 is 22.6 Å². The van der Waals surface area contributed by atoms with Crippen LogP contribution in [0.4, 0.5) is 0 Å². The van der Waals surface area contributed by atoms with Crippen molar-refractivity contribution in [1.29, 1.82) is 0 Å². The number of aliphatic hydroxyl groups excluding tert-OH is 1. The highest BCUT2D eigenvalue weighted by atomic mass is 127. The van der Waals surface area contributed by atoms with Crippen LogP contribution < -0.4 is 0 Å². The van der Waals surface area contributed by atoms with Crippen molar-refractivity contribution in [2.24, 2.45) is 5.92 Å². The molecule has 0 spiro atoms. The van der Waals surface area contributed by atoms with Gasteiger partial charge >= 0.3 is 0 Å². The molecule has 3 unspecified atom stereocenters. The van der Waals surface area contributed by atoms with E-state index in [2.05, 4.69) is 29.5 Å². The van der Waals surface area contributed by atoms with Crippen molar-refractivity contribution in [3.05, 3.63) is 0 Å². The summed E-state index contributed by atoms with van der Waals surface area (Å²) in [7, 11) is 0. The lowest BCUT2D eigenvalue weighted by atomic mass is 9.89. The molecule has 0 heterocycles. The summed E-state index contributed by atoms with van der Waals surface area (Å²) in [5.41, 5.74) is 0. The van der Waals surface area contributed by atoms with Crippen molar-refractivity contribution in [1.82, 2.24) is 0 Å². The highest BCUT2D eigenvalue weighted by Crippen LogP contribution is 2.28. The summed E-state index contributed by atoms with van der Waals surface area (Å²) in [6.45, 7) is 2.26. The Labute approximate surface area is 70.0 Å². The standard InChI is InChI=1S/C7H13IO/c1-5-2-3-7(9)6(8)4-5/h5-7,9H,2-4H2,1H3. The Balaban J connectivity index is 2.35. The monoisotopic (exact) mass is 240 g/mol. The predicted molar refractivity (Wildman–Crippen MR) is 46.8 cm³/mol. The summed E-state index contributed by atoms with van der Waals surface area (Å²) in [4.78, 5) is 0. The highest BCUT2D eigenvalue weighted by Gasteiger charge is 2.23. The Morgan fingerprint density at radius 3 is 2.56 bits per heavy atom. The number of rotatable bonds is 0. The van der Waals surface area contributed by atoms with E-state index in [9.17, 15) is 5.11 Å². The molecule has 0 bridgehead atoms. The average molecular weight is 240 g/mol. The summed E-state index contributed by atoms with van der Waals surface area (Å²) < 4.78 is 0.506. The van der Waals surface area contributed by atoms with E-state index in [0.717, 1.165) is 12.3 Å². The first-order valence-electron chi connectivity index (χ1n) is 3.52. The first kappa shape index (κ1) is 7.79. The summed E-state index contributed by atoms with van der Waals surface area (Å²) >= 11 is 2.35. The molecule has 0 aliphatic heterocycles. The third-order valence-corrected chi connectivity index (χ3v) is 3.34. The van der Waals surface area contributed by atoms with Gasteiger partial charge in [0.15, 0.2) is 0 Å². The van der Waals surface area contributed by atoms with Crippen LogP contribution in [0.25, 0.3) is 0 Å². The molecule has 2 heteroatoms. The number of halogens is 1. The quantitative estimate of drug-likeness (QED) is 0.507. The lowest BCUT2D eigenvalue weighted by molar-refractivity contribution is 0.125. The molecule has 0 aromatic heterocycles. The maximum atomic E-state index is 9.29. The molecule has 1 nitrogen and oxygen atoms in total. The van der Waals surface area contributed by atoms with Crippen LogP contribution in [-0.2, 0) is 0 Å². The van der Waals surface area contributed by atoms with Crippen molar-refractivity contribution in [3.8, 4) is 0 Å². The van der Waals surface area contributed by atoms with Gasteiger partial charge in [0.1, 0.15) is 0 Å². The molecule has 0 saturated heterocycles.